The number of hydroxylamine groups is 1. The van der Waals surface area contributed by atoms with E-state index >= 15 is 0 Å². The molecule has 0 aromatic carbocycles. The van der Waals surface area contributed by atoms with E-state index in [-0.39, 0.29) is 7.43 Å². The quantitative estimate of drug-likeness (QED) is 0.357. The first-order valence-corrected chi connectivity index (χ1v) is 1.59. The van der Waals surface area contributed by atoms with Crippen molar-refractivity contribution in [1.29, 1.82) is 0 Å². The molecule has 0 fully saturated rings. The summed E-state index contributed by atoms with van der Waals surface area (Å²) >= 11 is 4.34. The van der Waals surface area contributed by atoms with Gasteiger partial charge in [-0.3, -0.25) is 10.7 Å². The van der Waals surface area contributed by atoms with Crippen LogP contribution in [-0.4, -0.2) is 10.2 Å². The van der Waals surface area contributed by atoms with E-state index in [4.69, 9.17) is 5.21 Å². The van der Waals surface area contributed by atoms with Gasteiger partial charge in [0.15, 0.2) is 0 Å². The zero-order valence-corrected chi connectivity index (χ0v) is 3.67. The Morgan fingerprint density at radius 2 is 2.00 bits per heavy atom. The highest BCUT2D eigenvalue weighted by molar-refractivity contribution is 7.80. The monoisotopic (exact) mass is 107 g/mol. The van der Waals surface area contributed by atoms with Crippen LogP contribution in [0, 0.1) is 0 Å². The maximum Gasteiger partial charge on any atom is 0.0970 e. The number of rotatable bonds is 0. The van der Waals surface area contributed by atoms with Crippen LogP contribution in [0.15, 0.2) is 0 Å². The van der Waals surface area contributed by atoms with Gasteiger partial charge in [0.05, 0.1) is 4.99 Å². The molecule has 0 aromatic rings. The Morgan fingerprint density at radius 1 is 1.83 bits per heavy atom. The highest BCUT2D eigenvalue weighted by Gasteiger charge is 1.68. The maximum atomic E-state index is 7.75. The molecule has 0 radical (unpaired) electrons. The molecular weight excluding hydrogens is 98.1 g/mol. The summed E-state index contributed by atoms with van der Waals surface area (Å²) in [5, 5.41) is 7.75. The minimum Gasteiger partial charge on any atom is -0.291 e. The molecule has 0 rings (SSSR count). The fourth-order valence-electron chi connectivity index (χ4n) is 0. The third-order valence-corrected chi connectivity index (χ3v) is 0.249. The van der Waals surface area contributed by atoms with E-state index in [1.165, 1.54) is 0 Å². The van der Waals surface area contributed by atoms with E-state index < -0.39 is 0 Å². The van der Waals surface area contributed by atoms with E-state index in [1.54, 1.807) is 12.4 Å². The first-order valence-electron chi connectivity index (χ1n) is 1.18. The molecule has 0 aromatic heterocycles. The minimum atomic E-state index is 0. The van der Waals surface area contributed by atoms with Gasteiger partial charge in [0, 0.05) is 0 Å². The molecule has 0 bridgehead atoms. The molecule has 0 saturated heterocycles. The topological polar surface area (TPSA) is 32.3 Å². The second kappa shape index (κ2) is 4.85. The average Bonchev–Trinajstić information content (AvgIpc) is 1.38. The number of hydrogen-bond acceptors (Lipinski definition) is 2. The van der Waals surface area contributed by atoms with Crippen LogP contribution < -0.4 is 5.48 Å². The van der Waals surface area contributed by atoms with Crippen molar-refractivity contribution in [1.82, 2.24) is 5.48 Å². The summed E-state index contributed by atoms with van der Waals surface area (Å²) in [6.07, 6.45) is 0. The molecule has 38 valence electrons. The number of hydrogen-bond donors (Lipinski definition) is 2. The van der Waals surface area contributed by atoms with E-state index in [0.717, 1.165) is 0 Å². The summed E-state index contributed by atoms with van der Waals surface area (Å²) in [7, 11) is 0. The molecule has 0 aliphatic heterocycles. The van der Waals surface area contributed by atoms with Gasteiger partial charge in [0.2, 0.25) is 0 Å². The molecule has 0 aliphatic rings. The summed E-state index contributed by atoms with van der Waals surface area (Å²) in [5.41, 5.74) is 1.76. The molecule has 0 saturated carbocycles. The Kier molecular flexibility index (Phi) is 7.50. The first kappa shape index (κ1) is 9.28. The lowest BCUT2D eigenvalue weighted by molar-refractivity contribution is 0.236. The normalized spacial score (nSPS) is 5.67. The van der Waals surface area contributed by atoms with Crippen LogP contribution in [0.2, 0.25) is 0 Å². The van der Waals surface area contributed by atoms with E-state index in [9.17, 15) is 0 Å². The molecule has 0 atom stereocenters. The van der Waals surface area contributed by atoms with Gasteiger partial charge in [0.25, 0.3) is 0 Å². The lowest BCUT2D eigenvalue weighted by Gasteiger charge is -1.83. The molecule has 0 heterocycles. The summed E-state index contributed by atoms with van der Waals surface area (Å²) in [6.45, 7) is 1.59. The van der Waals surface area contributed by atoms with E-state index in [0.29, 0.717) is 4.99 Å². The summed E-state index contributed by atoms with van der Waals surface area (Å²) in [4.78, 5) is 0.394. The molecule has 0 aliphatic carbocycles. The van der Waals surface area contributed by atoms with Crippen LogP contribution in [-0.2, 0) is 0 Å². The van der Waals surface area contributed by atoms with Crippen molar-refractivity contribution in [2.75, 3.05) is 0 Å². The van der Waals surface area contributed by atoms with Crippen molar-refractivity contribution in [2.45, 2.75) is 14.4 Å². The van der Waals surface area contributed by atoms with Crippen LogP contribution in [0.25, 0.3) is 0 Å². The largest absolute Gasteiger partial charge is 0.291 e. The van der Waals surface area contributed by atoms with Crippen molar-refractivity contribution in [3.63, 3.8) is 0 Å². The molecule has 6 heavy (non-hydrogen) atoms. The van der Waals surface area contributed by atoms with Crippen LogP contribution in [0.3, 0.4) is 0 Å². The Morgan fingerprint density at radius 3 is 2.00 bits per heavy atom. The molecule has 0 unspecified atom stereocenters. The van der Waals surface area contributed by atoms with Gasteiger partial charge in [-0.25, -0.2) is 0 Å². The number of nitrogens with one attached hydrogen (secondary N) is 1. The molecule has 0 spiro atoms. The summed E-state index contributed by atoms with van der Waals surface area (Å²) < 4.78 is 0. The second-order valence-electron chi connectivity index (χ2n) is 0.668. The zero-order chi connectivity index (χ0) is 4.28. The molecule has 0 amide bonds. The third-order valence-electron chi connectivity index (χ3n) is 0.157. The third kappa shape index (κ3) is 9.14. The van der Waals surface area contributed by atoms with Crippen LogP contribution in [0.5, 0.6) is 0 Å². The van der Waals surface area contributed by atoms with Gasteiger partial charge in [-0.1, -0.05) is 19.6 Å². The molecule has 3 heteroatoms. The van der Waals surface area contributed by atoms with Crippen molar-refractivity contribution >= 4 is 17.2 Å². The summed E-state index contributed by atoms with van der Waals surface area (Å²) in [6, 6.07) is 0. The van der Waals surface area contributed by atoms with Crippen LogP contribution in [0.4, 0.5) is 0 Å². The fourth-order valence-corrected chi connectivity index (χ4v) is 0. The van der Waals surface area contributed by atoms with Gasteiger partial charge in [-0.15, -0.1) is 0 Å². The van der Waals surface area contributed by atoms with Crippen molar-refractivity contribution in [3.05, 3.63) is 0 Å². The SMILES string of the molecule is C.CC(=S)NO. The van der Waals surface area contributed by atoms with Gasteiger partial charge >= 0.3 is 0 Å². The first-order chi connectivity index (χ1) is 2.27. The minimum absolute atomic E-state index is 0. The van der Waals surface area contributed by atoms with Gasteiger partial charge in [-0.2, -0.15) is 0 Å². The standard InChI is InChI=1S/C2H5NOS.CH4/c1-2(5)3-4;/h4H,1H3,(H,3,5);1H4. The predicted octanol–water partition coefficient (Wildman–Crippen LogP) is 0.949. The predicted molar refractivity (Wildman–Crippen MR) is 29.9 cm³/mol. The van der Waals surface area contributed by atoms with Crippen molar-refractivity contribution in [3.8, 4) is 0 Å². The Labute approximate surface area is 43.1 Å². The highest BCUT2D eigenvalue weighted by atomic mass is 32.1. The Hall–Kier alpha value is -0.150. The second-order valence-corrected chi connectivity index (χ2v) is 1.28. The Bertz CT molecular complexity index is 46.1. The average molecular weight is 107 g/mol. The van der Waals surface area contributed by atoms with Gasteiger partial charge in [-0.05, 0) is 6.92 Å². The van der Waals surface area contributed by atoms with Crippen molar-refractivity contribution in [2.24, 2.45) is 0 Å². The fraction of sp³-hybridized carbons (Fsp3) is 0.667. The van der Waals surface area contributed by atoms with Crippen molar-refractivity contribution < 1.29 is 5.21 Å². The van der Waals surface area contributed by atoms with Gasteiger partial charge in [0.1, 0.15) is 0 Å². The molecular formula is C3H9NOS. The van der Waals surface area contributed by atoms with Gasteiger partial charge < -0.3 is 0 Å². The maximum absolute atomic E-state index is 7.75. The molecule has 2 N–H and O–H groups in total. The lowest BCUT2D eigenvalue weighted by Crippen LogP contribution is -2.10. The lowest BCUT2D eigenvalue weighted by atomic mass is 10.8. The molecule has 2 nitrogen and oxygen atoms in total. The van der Waals surface area contributed by atoms with E-state index in [2.05, 4.69) is 12.2 Å². The van der Waals surface area contributed by atoms with Crippen LogP contribution >= 0.6 is 12.2 Å². The smallest absolute Gasteiger partial charge is 0.0970 e. The number of thiocarbonyl (C=S) groups is 1. The Balaban J connectivity index is 0. The summed E-state index contributed by atoms with van der Waals surface area (Å²) in [5.74, 6) is 0. The van der Waals surface area contributed by atoms with Crippen LogP contribution in [0.1, 0.15) is 14.4 Å². The highest BCUT2D eigenvalue weighted by Crippen LogP contribution is 1.56. The van der Waals surface area contributed by atoms with E-state index in [1.807, 2.05) is 0 Å². The zero-order valence-electron chi connectivity index (χ0n) is 2.86.